The van der Waals surface area contributed by atoms with Crippen molar-refractivity contribution in [2.75, 3.05) is 64.8 Å². The van der Waals surface area contributed by atoms with Gasteiger partial charge in [0.05, 0.1) is 25.5 Å². The molecule has 41 heavy (non-hydrogen) atoms. The second kappa shape index (κ2) is 13.8. The molecule has 0 radical (unpaired) electrons. The number of nitrogens with zero attached hydrogens (tertiary/aromatic N) is 2. The normalized spacial score (nSPS) is 20.4. The molecular weight excluding hydrogens is 518 g/mol. The van der Waals surface area contributed by atoms with Crippen molar-refractivity contribution in [1.82, 2.24) is 15.1 Å². The first kappa shape index (κ1) is 29.5. The zero-order valence-corrected chi connectivity index (χ0v) is 24.1. The van der Waals surface area contributed by atoms with Gasteiger partial charge < -0.3 is 30.5 Å². The third kappa shape index (κ3) is 7.27. The SMILES string of the molecule is N=C(c1ccc(OC2CCN(CCO)CC2)cc1)c1cc(C(=O)NCC2(N3CCOCC3)CCCCC2)ccc1N. The largest absolute Gasteiger partial charge is 0.490 e. The Balaban J connectivity index is 1.21. The molecule has 9 nitrogen and oxygen atoms in total. The summed E-state index contributed by atoms with van der Waals surface area (Å²) in [4.78, 5) is 18.1. The maximum atomic E-state index is 13.3. The van der Waals surface area contributed by atoms with E-state index in [2.05, 4.69) is 15.1 Å². The number of nitrogens with one attached hydrogen (secondary N) is 2. The molecule has 5 rings (SSSR count). The molecule has 0 bridgehead atoms. The maximum Gasteiger partial charge on any atom is 0.251 e. The number of benzene rings is 2. The summed E-state index contributed by atoms with van der Waals surface area (Å²) in [6, 6.07) is 12.7. The fourth-order valence-electron chi connectivity index (χ4n) is 6.55. The first-order valence-corrected chi connectivity index (χ1v) is 15.2. The Labute approximate surface area is 243 Å². The molecule has 2 aromatic carbocycles. The summed E-state index contributed by atoms with van der Waals surface area (Å²) in [5.74, 6) is 0.645. The molecule has 2 heterocycles. The highest BCUT2D eigenvalue weighted by Crippen LogP contribution is 2.34. The number of nitrogens with two attached hydrogens (primary N) is 1. The molecule has 0 spiro atoms. The quantitative estimate of drug-likeness (QED) is 0.258. The van der Waals surface area contributed by atoms with Crippen molar-refractivity contribution in [2.24, 2.45) is 0 Å². The lowest BCUT2D eigenvalue weighted by molar-refractivity contribution is -0.0361. The van der Waals surface area contributed by atoms with E-state index in [4.69, 9.17) is 25.7 Å². The van der Waals surface area contributed by atoms with Gasteiger partial charge in [-0.2, -0.15) is 0 Å². The Hall–Kier alpha value is -2.98. The highest BCUT2D eigenvalue weighted by molar-refractivity contribution is 6.14. The lowest BCUT2D eigenvalue weighted by Gasteiger charge is -2.48. The number of anilines is 1. The van der Waals surface area contributed by atoms with E-state index in [1.54, 1.807) is 18.2 Å². The highest BCUT2D eigenvalue weighted by atomic mass is 16.5. The van der Waals surface area contributed by atoms with Crippen LogP contribution in [0.25, 0.3) is 0 Å². The lowest BCUT2D eigenvalue weighted by Crippen LogP contribution is -2.59. The van der Waals surface area contributed by atoms with Crippen LogP contribution in [0.2, 0.25) is 0 Å². The summed E-state index contributed by atoms with van der Waals surface area (Å²) in [5.41, 5.74) is 8.80. The van der Waals surface area contributed by atoms with E-state index in [9.17, 15) is 4.79 Å². The minimum absolute atomic E-state index is 0.0126. The van der Waals surface area contributed by atoms with E-state index in [0.29, 0.717) is 35.5 Å². The van der Waals surface area contributed by atoms with Crippen LogP contribution in [0.5, 0.6) is 5.75 Å². The van der Waals surface area contributed by atoms with E-state index < -0.39 is 0 Å². The maximum absolute atomic E-state index is 13.3. The van der Waals surface area contributed by atoms with Gasteiger partial charge >= 0.3 is 0 Å². The lowest BCUT2D eigenvalue weighted by atomic mass is 9.79. The Morgan fingerprint density at radius 2 is 1.71 bits per heavy atom. The number of piperidine rings is 1. The molecule has 1 saturated carbocycles. The Morgan fingerprint density at radius 3 is 2.39 bits per heavy atom. The molecule has 0 unspecified atom stereocenters. The van der Waals surface area contributed by atoms with Crippen molar-refractivity contribution in [1.29, 1.82) is 5.41 Å². The van der Waals surface area contributed by atoms with Crippen molar-refractivity contribution in [3.05, 3.63) is 59.2 Å². The van der Waals surface area contributed by atoms with Gasteiger partial charge in [0.2, 0.25) is 0 Å². The summed E-state index contributed by atoms with van der Waals surface area (Å²) in [5, 5.41) is 21.2. The van der Waals surface area contributed by atoms with Crippen molar-refractivity contribution >= 4 is 17.3 Å². The molecular formula is C32H45N5O4. The van der Waals surface area contributed by atoms with Crippen molar-refractivity contribution < 1.29 is 19.4 Å². The fraction of sp³-hybridized carbons (Fsp3) is 0.562. The molecule has 2 saturated heterocycles. The van der Waals surface area contributed by atoms with Gasteiger partial charge in [-0.15, -0.1) is 0 Å². The summed E-state index contributed by atoms with van der Waals surface area (Å²) in [6.07, 6.45) is 7.81. The van der Waals surface area contributed by atoms with Crippen molar-refractivity contribution in [3.63, 3.8) is 0 Å². The van der Waals surface area contributed by atoms with E-state index in [1.165, 1.54) is 19.3 Å². The molecule has 222 valence electrons. The van der Waals surface area contributed by atoms with Gasteiger partial charge in [-0.1, -0.05) is 19.3 Å². The van der Waals surface area contributed by atoms with Crippen LogP contribution in [0.15, 0.2) is 42.5 Å². The topological polar surface area (TPSA) is 124 Å². The zero-order valence-electron chi connectivity index (χ0n) is 24.1. The van der Waals surface area contributed by atoms with Gasteiger partial charge in [-0.3, -0.25) is 15.1 Å². The smallest absolute Gasteiger partial charge is 0.251 e. The van der Waals surface area contributed by atoms with Gasteiger partial charge in [0.25, 0.3) is 5.91 Å². The minimum atomic E-state index is -0.133. The number of β-amino-alcohol motifs (C(OH)–C–C–N with tert-alkyl or cyclic N) is 1. The summed E-state index contributed by atoms with van der Waals surface area (Å²) >= 11 is 0. The molecule has 2 aliphatic heterocycles. The van der Waals surface area contributed by atoms with E-state index >= 15 is 0 Å². The molecule has 1 aliphatic carbocycles. The van der Waals surface area contributed by atoms with E-state index in [1.807, 2.05) is 24.3 Å². The van der Waals surface area contributed by atoms with Crippen LogP contribution in [-0.2, 0) is 4.74 Å². The average molecular weight is 564 g/mol. The first-order valence-electron chi connectivity index (χ1n) is 15.2. The summed E-state index contributed by atoms with van der Waals surface area (Å²) in [6.45, 7) is 6.67. The Kier molecular flexibility index (Phi) is 9.92. The third-order valence-corrected chi connectivity index (χ3v) is 9.03. The first-order chi connectivity index (χ1) is 20.0. The molecule has 5 N–H and O–H groups in total. The van der Waals surface area contributed by atoms with Crippen LogP contribution < -0.4 is 15.8 Å². The second-order valence-electron chi connectivity index (χ2n) is 11.7. The van der Waals surface area contributed by atoms with Crippen LogP contribution in [0.3, 0.4) is 0 Å². The standard InChI is InChI=1S/C32H45N5O4/c33-29-9-6-25(31(39)35-23-32(12-2-1-3-13-32)37-17-20-40-21-18-37)22-28(29)30(34)24-4-7-26(8-5-24)41-27-10-14-36(15-11-27)16-19-38/h4-9,22,27,34,38H,1-3,10-21,23,33H2,(H,35,39). The summed E-state index contributed by atoms with van der Waals surface area (Å²) < 4.78 is 11.8. The zero-order chi connectivity index (χ0) is 28.7. The van der Waals surface area contributed by atoms with Crippen LogP contribution in [0.4, 0.5) is 5.69 Å². The number of amides is 1. The van der Waals surface area contributed by atoms with Gasteiger partial charge in [0.15, 0.2) is 0 Å². The van der Waals surface area contributed by atoms with E-state index in [-0.39, 0.29) is 29.9 Å². The van der Waals surface area contributed by atoms with Gasteiger partial charge in [0, 0.05) is 67.2 Å². The van der Waals surface area contributed by atoms with Crippen molar-refractivity contribution in [3.8, 4) is 5.75 Å². The Morgan fingerprint density at radius 1 is 1.02 bits per heavy atom. The molecule has 0 aromatic heterocycles. The number of aliphatic hydroxyl groups excluding tert-OH is 1. The van der Waals surface area contributed by atoms with Crippen LogP contribution >= 0.6 is 0 Å². The molecule has 0 atom stereocenters. The Bertz CT molecular complexity index is 1170. The monoisotopic (exact) mass is 563 g/mol. The van der Waals surface area contributed by atoms with E-state index in [0.717, 1.165) is 70.8 Å². The molecule has 9 heteroatoms. The number of ether oxygens (including phenoxy) is 2. The number of aliphatic hydroxyl groups is 1. The predicted octanol–water partition coefficient (Wildman–Crippen LogP) is 3.29. The third-order valence-electron chi connectivity index (χ3n) is 9.03. The van der Waals surface area contributed by atoms with Crippen LogP contribution in [0, 0.1) is 5.41 Å². The summed E-state index contributed by atoms with van der Waals surface area (Å²) in [7, 11) is 0. The fourth-order valence-corrected chi connectivity index (χ4v) is 6.55. The number of hydrogen-bond donors (Lipinski definition) is 4. The number of likely N-dealkylation sites (tertiary alicyclic amines) is 1. The van der Waals surface area contributed by atoms with Gasteiger partial charge in [-0.25, -0.2) is 0 Å². The predicted molar refractivity (Wildman–Crippen MR) is 161 cm³/mol. The molecule has 3 fully saturated rings. The number of nitrogen functional groups attached to an aromatic ring is 1. The number of carbonyl (C=O) groups excluding carboxylic acids is 1. The van der Waals surface area contributed by atoms with Gasteiger partial charge in [0.1, 0.15) is 11.9 Å². The highest BCUT2D eigenvalue weighted by Gasteiger charge is 2.39. The van der Waals surface area contributed by atoms with Gasteiger partial charge in [-0.05, 0) is 68.1 Å². The number of hydrogen-bond acceptors (Lipinski definition) is 8. The average Bonchev–Trinajstić information content (AvgIpc) is 3.02. The molecule has 2 aromatic rings. The molecule has 3 aliphatic rings. The second-order valence-corrected chi connectivity index (χ2v) is 11.7. The molecule has 1 amide bonds. The van der Waals surface area contributed by atoms with Crippen molar-refractivity contribution in [2.45, 2.75) is 56.6 Å². The van der Waals surface area contributed by atoms with Crippen LogP contribution in [-0.4, -0.2) is 97.3 Å². The number of carbonyl (C=O) groups is 1. The minimum Gasteiger partial charge on any atom is -0.490 e. The number of rotatable bonds is 10. The number of morpholine rings is 1. The van der Waals surface area contributed by atoms with Crippen LogP contribution in [0.1, 0.15) is 66.4 Å².